The van der Waals surface area contributed by atoms with Crippen LogP contribution in [0.25, 0.3) is 6.08 Å². The summed E-state index contributed by atoms with van der Waals surface area (Å²) in [5.41, 5.74) is 2.03. The highest BCUT2D eigenvalue weighted by atomic mass is 32.2. The van der Waals surface area contributed by atoms with Crippen LogP contribution in [0.4, 0.5) is 11.4 Å². The number of amides is 3. The molecule has 3 N–H and O–H groups in total. The highest BCUT2D eigenvalue weighted by Gasteiger charge is 2.19. The summed E-state index contributed by atoms with van der Waals surface area (Å²) in [6, 6.07) is 28.2. The second kappa shape index (κ2) is 15.3. The van der Waals surface area contributed by atoms with E-state index in [0.717, 1.165) is 4.90 Å². The monoisotopic (exact) mass is 611 g/mol. The van der Waals surface area contributed by atoms with Crippen molar-refractivity contribution in [1.29, 1.82) is 0 Å². The fraction of sp³-hybridized carbons (Fsp3) is 0.147. The van der Waals surface area contributed by atoms with Gasteiger partial charge < -0.3 is 30.2 Å². The molecule has 4 rings (SSSR count). The number of methoxy groups -OCH3 is 3. The lowest BCUT2D eigenvalue weighted by Crippen LogP contribution is -2.30. The summed E-state index contributed by atoms with van der Waals surface area (Å²) in [7, 11) is 4.50. The third kappa shape index (κ3) is 8.42. The molecule has 0 aliphatic rings. The van der Waals surface area contributed by atoms with Gasteiger partial charge in [-0.15, -0.1) is 11.8 Å². The van der Waals surface area contributed by atoms with Crippen molar-refractivity contribution in [2.24, 2.45) is 0 Å². The highest BCUT2D eigenvalue weighted by molar-refractivity contribution is 8.00. The van der Waals surface area contributed by atoms with Gasteiger partial charge in [-0.3, -0.25) is 14.4 Å². The van der Waals surface area contributed by atoms with Crippen LogP contribution >= 0.6 is 11.8 Å². The van der Waals surface area contributed by atoms with Crippen molar-refractivity contribution in [2.45, 2.75) is 17.1 Å². The van der Waals surface area contributed by atoms with E-state index in [9.17, 15) is 14.4 Å². The van der Waals surface area contributed by atoms with Crippen LogP contribution in [0.3, 0.4) is 0 Å². The molecule has 1 atom stereocenters. The Morgan fingerprint density at radius 1 is 0.705 bits per heavy atom. The molecule has 4 aromatic rings. The molecule has 0 radical (unpaired) electrons. The number of carbonyl (C=O) groups excluding carboxylic acids is 3. The van der Waals surface area contributed by atoms with E-state index in [1.165, 1.54) is 39.2 Å². The van der Waals surface area contributed by atoms with Crippen LogP contribution in [0.15, 0.2) is 108 Å². The predicted octanol–water partition coefficient (Wildman–Crippen LogP) is 6.24. The minimum absolute atomic E-state index is 0.0296. The second-order valence-electron chi connectivity index (χ2n) is 9.42. The lowest BCUT2D eigenvalue weighted by molar-refractivity contribution is -0.115. The quantitative estimate of drug-likeness (QED) is 0.128. The Kier molecular flexibility index (Phi) is 11.0. The van der Waals surface area contributed by atoms with Crippen molar-refractivity contribution in [3.63, 3.8) is 0 Å². The molecule has 0 heterocycles. The van der Waals surface area contributed by atoms with Crippen LogP contribution < -0.4 is 30.2 Å². The Hall–Kier alpha value is -5.22. The molecule has 44 heavy (non-hydrogen) atoms. The zero-order valence-corrected chi connectivity index (χ0v) is 25.6. The van der Waals surface area contributed by atoms with Crippen molar-refractivity contribution < 1.29 is 28.6 Å². The molecule has 9 nitrogen and oxygen atoms in total. The number of anilines is 2. The van der Waals surface area contributed by atoms with Gasteiger partial charge in [0.1, 0.15) is 11.4 Å². The molecule has 0 aliphatic carbocycles. The zero-order chi connectivity index (χ0) is 31.5. The van der Waals surface area contributed by atoms with E-state index in [1.54, 1.807) is 60.7 Å². The minimum Gasteiger partial charge on any atom is -0.496 e. The van der Waals surface area contributed by atoms with E-state index < -0.39 is 17.1 Å². The van der Waals surface area contributed by atoms with Gasteiger partial charge in [-0.2, -0.15) is 0 Å². The molecule has 3 amide bonds. The van der Waals surface area contributed by atoms with Crippen LogP contribution in [-0.4, -0.2) is 44.3 Å². The largest absolute Gasteiger partial charge is 0.496 e. The second-order valence-corrected chi connectivity index (χ2v) is 10.8. The van der Waals surface area contributed by atoms with Crippen molar-refractivity contribution in [3.8, 4) is 17.2 Å². The maximum atomic E-state index is 13.6. The molecule has 226 valence electrons. The van der Waals surface area contributed by atoms with E-state index in [-0.39, 0.29) is 11.6 Å². The van der Waals surface area contributed by atoms with E-state index in [2.05, 4.69) is 16.0 Å². The van der Waals surface area contributed by atoms with Gasteiger partial charge in [0.2, 0.25) is 5.91 Å². The van der Waals surface area contributed by atoms with Gasteiger partial charge in [-0.1, -0.05) is 42.5 Å². The molecule has 0 aromatic heterocycles. The first-order valence-corrected chi connectivity index (χ1v) is 14.5. The first-order valence-electron chi connectivity index (χ1n) is 13.6. The van der Waals surface area contributed by atoms with Crippen molar-refractivity contribution >= 4 is 46.9 Å². The standard InChI is InChI=1S/C34H33N3O6S/c1-22(32(38)35-25-14-9-6-10-15-25)44-27-17-11-16-26(20-27)36-34(40)28(37-33(39)23-12-7-5-8-13-23)18-24-19-30(42-3)31(43-4)21-29(24)41-2/h5-22H,1-4H3,(H,35,38)(H,36,40)(H,37,39)/b28-18+. The molecule has 1 unspecified atom stereocenters. The summed E-state index contributed by atoms with van der Waals surface area (Å²) in [5, 5.41) is 8.08. The highest BCUT2D eigenvalue weighted by Crippen LogP contribution is 2.36. The Morgan fingerprint density at radius 2 is 1.32 bits per heavy atom. The number of nitrogens with one attached hydrogen (secondary N) is 3. The Bertz CT molecular complexity index is 1640. The maximum absolute atomic E-state index is 13.6. The molecule has 0 saturated heterocycles. The average molecular weight is 612 g/mol. The third-order valence-electron chi connectivity index (χ3n) is 6.38. The zero-order valence-electron chi connectivity index (χ0n) is 24.8. The average Bonchev–Trinajstić information content (AvgIpc) is 3.05. The van der Waals surface area contributed by atoms with E-state index in [0.29, 0.717) is 39.8 Å². The number of benzene rings is 4. The van der Waals surface area contributed by atoms with Crippen molar-refractivity contribution in [3.05, 3.63) is 114 Å². The SMILES string of the molecule is COc1cc(OC)c(OC)cc1/C=C(/NC(=O)c1ccccc1)C(=O)Nc1cccc(SC(C)C(=O)Nc2ccccc2)c1. The number of para-hydroxylation sites is 1. The molecule has 0 bridgehead atoms. The first-order chi connectivity index (χ1) is 21.3. The van der Waals surface area contributed by atoms with E-state index in [1.807, 2.05) is 43.3 Å². The van der Waals surface area contributed by atoms with Crippen molar-refractivity contribution in [2.75, 3.05) is 32.0 Å². The fourth-order valence-electron chi connectivity index (χ4n) is 4.13. The predicted molar refractivity (Wildman–Crippen MR) is 173 cm³/mol. The topological polar surface area (TPSA) is 115 Å². The molecule has 0 aliphatic heterocycles. The van der Waals surface area contributed by atoms with Gasteiger partial charge in [0.05, 0.1) is 26.6 Å². The third-order valence-corrected chi connectivity index (χ3v) is 7.47. The van der Waals surface area contributed by atoms with Gasteiger partial charge in [0, 0.05) is 33.5 Å². The summed E-state index contributed by atoms with van der Waals surface area (Å²) in [4.78, 5) is 40.2. The first kappa shape index (κ1) is 31.7. The van der Waals surface area contributed by atoms with Crippen LogP contribution in [0.1, 0.15) is 22.8 Å². The number of rotatable bonds is 12. The summed E-state index contributed by atoms with van der Waals surface area (Å²) in [6.45, 7) is 1.81. The number of ether oxygens (including phenoxy) is 3. The Balaban J connectivity index is 1.58. The summed E-state index contributed by atoms with van der Waals surface area (Å²) in [6.07, 6.45) is 1.51. The summed E-state index contributed by atoms with van der Waals surface area (Å²) in [5.74, 6) is 0.0965. The smallest absolute Gasteiger partial charge is 0.272 e. The Labute approximate surface area is 260 Å². The number of thioether (sulfide) groups is 1. The molecule has 0 spiro atoms. The molecule has 4 aromatic carbocycles. The lowest BCUT2D eigenvalue weighted by Gasteiger charge is -2.15. The molecule has 10 heteroatoms. The van der Waals surface area contributed by atoms with Gasteiger partial charge in [0.15, 0.2) is 11.5 Å². The van der Waals surface area contributed by atoms with Crippen LogP contribution in [0.2, 0.25) is 0 Å². The van der Waals surface area contributed by atoms with E-state index in [4.69, 9.17) is 14.2 Å². The van der Waals surface area contributed by atoms with Crippen LogP contribution in [0, 0.1) is 0 Å². The van der Waals surface area contributed by atoms with Crippen LogP contribution in [0.5, 0.6) is 17.2 Å². The molecular formula is C34H33N3O6S. The molecule has 0 saturated carbocycles. The Morgan fingerprint density at radius 3 is 1.98 bits per heavy atom. The fourth-order valence-corrected chi connectivity index (χ4v) is 5.06. The van der Waals surface area contributed by atoms with Gasteiger partial charge >= 0.3 is 0 Å². The molecular weight excluding hydrogens is 578 g/mol. The normalized spacial score (nSPS) is 11.6. The maximum Gasteiger partial charge on any atom is 0.272 e. The van der Waals surface area contributed by atoms with Crippen LogP contribution in [-0.2, 0) is 9.59 Å². The minimum atomic E-state index is -0.567. The van der Waals surface area contributed by atoms with E-state index >= 15 is 0 Å². The number of hydrogen-bond donors (Lipinski definition) is 3. The van der Waals surface area contributed by atoms with Crippen molar-refractivity contribution in [1.82, 2.24) is 5.32 Å². The lowest BCUT2D eigenvalue weighted by atomic mass is 10.1. The van der Waals surface area contributed by atoms with Gasteiger partial charge in [0.25, 0.3) is 11.8 Å². The van der Waals surface area contributed by atoms with Gasteiger partial charge in [-0.05, 0) is 61.5 Å². The number of hydrogen-bond acceptors (Lipinski definition) is 7. The number of carbonyl (C=O) groups is 3. The summed E-state index contributed by atoms with van der Waals surface area (Å²) < 4.78 is 16.3. The molecule has 0 fully saturated rings. The summed E-state index contributed by atoms with van der Waals surface area (Å²) >= 11 is 1.35. The van der Waals surface area contributed by atoms with Gasteiger partial charge in [-0.25, -0.2) is 0 Å².